The predicted octanol–water partition coefficient (Wildman–Crippen LogP) is 4.78. The topological polar surface area (TPSA) is 107 Å². The number of hydrogen-bond acceptors (Lipinski definition) is 6. The summed E-state index contributed by atoms with van der Waals surface area (Å²) in [5, 5.41) is 13.4. The van der Waals surface area contributed by atoms with Crippen LogP contribution in [-0.4, -0.2) is 16.2 Å². The molecule has 8 heteroatoms. The molecule has 30 heavy (non-hydrogen) atoms. The van der Waals surface area contributed by atoms with Gasteiger partial charge in [0.15, 0.2) is 0 Å². The van der Waals surface area contributed by atoms with E-state index in [4.69, 9.17) is 4.42 Å². The number of anilines is 1. The van der Waals surface area contributed by atoms with Crippen molar-refractivity contribution in [2.24, 2.45) is 5.10 Å². The summed E-state index contributed by atoms with van der Waals surface area (Å²) in [5.41, 5.74) is 3.97. The van der Waals surface area contributed by atoms with Gasteiger partial charge in [-0.1, -0.05) is 58.4 Å². The number of rotatable bonds is 5. The number of hydrazone groups is 1. The zero-order valence-corrected chi connectivity index (χ0v) is 17.1. The summed E-state index contributed by atoms with van der Waals surface area (Å²) in [6.07, 6.45) is 1.47. The van der Waals surface area contributed by atoms with Gasteiger partial charge in [0.05, 0.1) is 11.9 Å². The zero-order chi connectivity index (χ0) is 20.9. The smallest absolute Gasteiger partial charge is 0.270 e. The first-order valence-corrected chi connectivity index (χ1v) is 9.68. The summed E-state index contributed by atoms with van der Waals surface area (Å²) in [6, 6.07) is 22.3. The third-order valence-corrected chi connectivity index (χ3v) is 4.72. The van der Waals surface area contributed by atoms with Crippen LogP contribution < -0.4 is 11.0 Å². The maximum absolute atomic E-state index is 12.3. The molecule has 0 saturated heterocycles. The third-order valence-electron chi connectivity index (χ3n) is 4.20. The number of H-pyrrole nitrogens is 1. The van der Waals surface area contributed by atoms with Gasteiger partial charge in [0.1, 0.15) is 23.2 Å². The molecule has 0 bridgehead atoms. The zero-order valence-electron chi connectivity index (χ0n) is 15.5. The van der Waals surface area contributed by atoms with Crippen LogP contribution in [0.4, 0.5) is 5.95 Å². The second-order valence-corrected chi connectivity index (χ2v) is 7.11. The number of benzene rings is 2. The fraction of sp³-hybridized carbons (Fsp3) is 0. The molecule has 0 aliphatic carbocycles. The van der Waals surface area contributed by atoms with E-state index in [0.29, 0.717) is 17.1 Å². The van der Waals surface area contributed by atoms with Gasteiger partial charge in [-0.25, -0.2) is 10.4 Å². The van der Waals surface area contributed by atoms with Crippen molar-refractivity contribution in [3.63, 3.8) is 0 Å². The SMILES string of the molecule is N#Cc1c(-c2ccccc2)nc(NN=Cc2ccc(-c3ccc(Br)cc3)o2)[nH]c1=O. The second-order valence-electron chi connectivity index (χ2n) is 6.19. The van der Waals surface area contributed by atoms with E-state index < -0.39 is 5.56 Å². The van der Waals surface area contributed by atoms with Crippen LogP contribution in [0.1, 0.15) is 11.3 Å². The summed E-state index contributed by atoms with van der Waals surface area (Å²) < 4.78 is 6.75. The van der Waals surface area contributed by atoms with Crippen LogP contribution in [-0.2, 0) is 0 Å². The molecule has 146 valence electrons. The van der Waals surface area contributed by atoms with Crippen LogP contribution in [0, 0.1) is 11.3 Å². The van der Waals surface area contributed by atoms with Crippen LogP contribution >= 0.6 is 15.9 Å². The Bertz CT molecular complexity index is 1300. The van der Waals surface area contributed by atoms with E-state index in [1.54, 1.807) is 18.2 Å². The standard InChI is InChI=1S/C22H14BrN5O2/c23-16-8-6-14(7-9-16)19-11-10-17(30-19)13-25-28-22-26-20(15-4-2-1-3-5-15)18(12-24)21(29)27-22/h1-11,13H,(H2,26,27,28,29). The maximum atomic E-state index is 12.3. The Labute approximate surface area is 179 Å². The summed E-state index contributed by atoms with van der Waals surface area (Å²) in [4.78, 5) is 19.1. The molecule has 0 spiro atoms. The first-order valence-electron chi connectivity index (χ1n) is 8.89. The highest BCUT2D eigenvalue weighted by Crippen LogP contribution is 2.23. The lowest BCUT2D eigenvalue weighted by Crippen LogP contribution is -2.16. The molecule has 0 fully saturated rings. The van der Waals surface area contributed by atoms with Crippen molar-refractivity contribution >= 4 is 28.1 Å². The first kappa shape index (κ1) is 19.4. The van der Waals surface area contributed by atoms with E-state index in [0.717, 1.165) is 10.0 Å². The summed E-state index contributed by atoms with van der Waals surface area (Å²) in [6.45, 7) is 0. The molecule has 2 heterocycles. The maximum Gasteiger partial charge on any atom is 0.270 e. The number of nitriles is 1. The van der Waals surface area contributed by atoms with Gasteiger partial charge in [0, 0.05) is 15.6 Å². The van der Waals surface area contributed by atoms with E-state index in [9.17, 15) is 10.1 Å². The molecule has 0 unspecified atom stereocenters. The molecule has 4 rings (SSSR count). The number of aromatic nitrogens is 2. The van der Waals surface area contributed by atoms with Crippen molar-refractivity contribution in [2.75, 3.05) is 5.43 Å². The van der Waals surface area contributed by atoms with Crippen LogP contribution in [0.25, 0.3) is 22.6 Å². The fourth-order valence-electron chi connectivity index (χ4n) is 2.78. The van der Waals surface area contributed by atoms with Crippen molar-refractivity contribution in [3.05, 3.63) is 92.9 Å². The molecule has 0 amide bonds. The molecule has 2 aromatic heterocycles. The molecule has 0 atom stereocenters. The molecule has 4 aromatic rings. The van der Waals surface area contributed by atoms with Crippen molar-refractivity contribution in [2.45, 2.75) is 0 Å². The largest absolute Gasteiger partial charge is 0.455 e. The molecule has 0 radical (unpaired) electrons. The number of aromatic amines is 1. The molecular weight excluding hydrogens is 446 g/mol. The van der Waals surface area contributed by atoms with Crippen LogP contribution in [0.5, 0.6) is 0 Å². The van der Waals surface area contributed by atoms with E-state index >= 15 is 0 Å². The highest BCUT2D eigenvalue weighted by Gasteiger charge is 2.12. The Hall–Kier alpha value is -3.96. The van der Waals surface area contributed by atoms with Crippen molar-refractivity contribution in [1.29, 1.82) is 5.26 Å². The van der Waals surface area contributed by atoms with E-state index in [-0.39, 0.29) is 17.2 Å². The first-order chi connectivity index (χ1) is 14.6. The van der Waals surface area contributed by atoms with Crippen LogP contribution in [0.2, 0.25) is 0 Å². The average molecular weight is 460 g/mol. The van der Waals surface area contributed by atoms with Crippen molar-refractivity contribution < 1.29 is 4.42 Å². The molecule has 0 aliphatic heterocycles. The Kier molecular flexibility index (Phi) is 5.54. The number of furan rings is 1. The van der Waals surface area contributed by atoms with Gasteiger partial charge in [0.2, 0.25) is 5.95 Å². The van der Waals surface area contributed by atoms with Gasteiger partial charge in [0.25, 0.3) is 5.56 Å². The summed E-state index contributed by atoms with van der Waals surface area (Å²) >= 11 is 3.40. The Morgan fingerprint density at radius 2 is 1.83 bits per heavy atom. The Morgan fingerprint density at radius 3 is 2.57 bits per heavy atom. The highest BCUT2D eigenvalue weighted by atomic mass is 79.9. The van der Waals surface area contributed by atoms with Gasteiger partial charge in [-0.15, -0.1) is 0 Å². The van der Waals surface area contributed by atoms with E-state index in [2.05, 4.69) is 36.4 Å². The lowest BCUT2D eigenvalue weighted by molar-refractivity contribution is 0.575. The lowest BCUT2D eigenvalue weighted by Gasteiger charge is -2.05. The average Bonchev–Trinajstić information content (AvgIpc) is 3.23. The van der Waals surface area contributed by atoms with Gasteiger partial charge in [-0.05, 0) is 24.3 Å². The highest BCUT2D eigenvalue weighted by molar-refractivity contribution is 9.10. The molecule has 0 aliphatic rings. The number of halogens is 1. The van der Waals surface area contributed by atoms with Crippen molar-refractivity contribution in [3.8, 4) is 28.7 Å². The third kappa shape index (κ3) is 4.21. The molecule has 7 nitrogen and oxygen atoms in total. The minimum atomic E-state index is -0.542. The summed E-state index contributed by atoms with van der Waals surface area (Å²) in [5.74, 6) is 1.36. The van der Waals surface area contributed by atoms with Gasteiger partial charge in [-0.3, -0.25) is 9.78 Å². The minimum Gasteiger partial charge on any atom is -0.455 e. The van der Waals surface area contributed by atoms with Crippen LogP contribution in [0.15, 0.2) is 85.5 Å². The van der Waals surface area contributed by atoms with E-state index in [1.165, 1.54) is 6.21 Å². The molecular formula is C22H14BrN5O2. The Morgan fingerprint density at radius 1 is 1.07 bits per heavy atom. The lowest BCUT2D eigenvalue weighted by atomic mass is 10.1. The molecule has 2 aromatic carbocycles. The monoisotopic (exact) mass is 459 g/mol. The van der Waals surface area contributed by atoms with Gasteiger partial charge < -0.3 is 4.42 Å². The quantitative estimate of drug-likeness (QED) is 0.329. The summed E-state index contributed by atoms with van der Waals surface area (Å²) in [7, 11) is 0. The number of nitrogens with one attached hydrogen (secondary N) is 2. The Balaban J connectivity index is 1.55. The fourth-order valence-corrected chi connectivity index (χ4v) is 3.05. The van der Waals surface area contributed by atoms with Gasteiger partial charge in [-0.2, -0.15) is 10.4 Å². The normalized spacial score (nSPS) is 10.8. The van der Waals surface area contributed by atoms with E-state index in [1.807, 2.05) is 54.6 Å². The second kappa shape index (κ2) is 8.59. The van der Waals surface area contributed by atoms with Gasteiger partial charge >= 0.3 is 0 Å². The van der Waals surface area contributed by atoms with Crippen LogP contribution in [0.3, 0.4) is 0 Å². The number of nitrogens with zero attached hydrogens (tertiary/aromatic N) is 3. The van der Waals surface area contributed by atoms with Crippen molar-refractivity contribution in [1.82, 2.24) is 9.97 Å². The molecule has 0 saturated carbocycles. The number of hydrogen-bond donors (Lipinski definition) is 2. The minimum absolute atomic E-state index is 0.0547. The molecule has 2 N–H and O–H groups in total. The predicted molar refractivity (Wildman–Crippen MR) is 118 cm³/mol.